The van der Waals surface area contributed by atoms with Gasteiger partial charge in [-0.2, -0.15) is 0 Å². The number of hydrogen-bond donors (Lipinski definition) is 2. The molecule has 11 heteroatoms. The van der Waals surface area contributed by atoms with E-state index in [1.807, 2.05) is 0 Å². The number of carbonyl (C=O) groups is 2. The molecule has 0 aliphatic carbocycles. The van der Waals surface area contributed by atoms with Crippen molar-refractivity contribution < 1.29 is 22.4 Å². The largest absolute Gasteiger partial charge is 0.279 e. The molecule has 1 heterocycles. The van der Waals surface area contributed by atoms with Crippen LogP contribution in [0.2, 0.25) is 5.02 Å². The van der Waals surface area contributed by atoms with E-state index in [0.717, 1.165) is 32.1 Å². The summed E-state index contributed by atoms with van der Waals surface area (Å²) in [7, 11) is -1.03. The van der Waals surface area contributed by atoms with E-state index in [-0.39, 0.29) is 21.3 Å². The topological polar surface area (TPSA) is 95.6 Å². The molecule has 3 aromatic rings. The van der Waals surface area contributed by atoms with Gasteiger partial charge in [0.2, 0.25) is 10.0 Å². The summed E-state index contributed by atoms with van der Waals surface area (Å²) in [6.45, 7) is 0. The monoisotopic (exact) mass is 481 g/mol. The minimum absolute atomic E-state index is 0.0270. The van der Waals surface area contributed by atoms with E-state index in [4.69, 9.17) is 11.6 Å². The maximum absolute atomic E-state index is 13.1. The van der Waals surface area contributed by atoms with Crippen LogP contribution in [0, 0.1) is 5.82 Å². The molecule has 0 atom stereocenters. The van der Waals surface area contributed by atoms with Crippen molar-refractivity contribution in [1.29, 1.82) is 0 Å². The van der Waals surface area contributed by atoms with E-state index in [0.29, 0.717) is 4.88 Å². The lowest BCUT2D eigenvalue weighted by molar-refractivity contribution is 0.0849. The molecule has 7 nitrogen and oxygen atoms in total. The van der Waals surface area contributed by atoms with Crippen LogP contribution in [-0.2, 0) is 10.0 Å². The van der Waals surface area contributed by atoms with E-state index in [9.17, 15) is 22.4 Å². The van der Waals surface area contributed by atoms with E-state index in [2.05, 4.69) is 10.9 Å². The summed E-state index contributed by atoms with van der Waals surface area (Å²) in [6, 6.07) is 12.8. The fraction of sp³-hybridized carbons (Fsp3) is 0.100. The molecule has 0 saturated heterocycles. The van der Waals surface area contributed by atoms with Gasteiger partial charge in [-0.1, -0.05) is 23.7 Å². The first-order valence-corrected chi connectivity index (χ1v) is 11.4. The van der Waals surface area contributed by atoms with Gasteiger partial charge in [0.25, 0.3) is 11.8 Å². The Morgan fingerprint density at radius 2 is 1.61 bits per heavy atom. The van der Waals surface area contributed by atoms with Gasteiger partial charge in [0.05, 0.1) is 20.4 Å². The minimum Gasteiger partial charge on any atom is -0.267 e. The molecular formula is C20H17ClFN3O4S2. The van der Waals surface area contributed by atoms with E-state index >= 15 is 0 Å². The molecule has 2 aromatic carbocycles. The number of halogens is 2. The Kier molecular flexibility index (Phi) is 6.75. The van der Waals surface area contributed by atoms with Crippen LogP contribution in [0.25, 0.3) is 10.4 Å². The Labute approximate surface area is 187 Å². The first kappa shape index (κ1) is 22.9. The van der Waals surface area contributed by atoms with Gasteiger partial charge in [0, 0.05) is 19.0 Å². The van der Waals surface area contributed by atoms with Gasteiger partial charge in [-0.3, -0.25) is 20.4 Å². The van der Waals surface area contributed by atoms with Crippen LogP contribution in [0.1, 0.15) is 20.0 Å². The van der Waals surface area contributed by atoms with E-state index in [1.54, 1.807) is 24.3 Å². The third-order valence-corrected chi connectivity index (χ3v) is 7.48. The second kappa shape index (κ2) is 9.15. The summed E-state index contributed by atoms with van der Waals surface area (Å²) >= 11 is 7.19. The van der Waals surface area contributed by atoms with Crippen molar-refractivity contribution >= 4 is 44.8 Å². The molecule has 0 spiro atoms. The normalized spacial score (nSPS) is 11.4. The molecule has 0 radical (unpaired) electrons. The lowest BCUT2D eigenvalue weighted by atomic mass is 10.2. The van der Waals surface area contributed by atoms with Crippen LogP contribution in [0.15, 0.2) is 59.5 Å². The SMILES string of the molecule is CN(C)S(=O)(=O)c1ccc(Cl)c(C(=O)NNC(=O)c2ccc(-c3ccc(F)cc3)s2)c1. The van der Waals surface area contributed by atoms with Crippen molar-refractivity contribution in [3.63, 3.8) is 0 Å². The Balaban J connectivity index is 1.71. The maximum atomic E-state index is 13.1. The molecule has 162 valence electrons. The molecule has 0 unspecified atom stereocenters. The fourth-order valence-corrected chi connectivity index (χ4v) is 4.56. The molecule has 0 fully saturated rings. The predicted molar refractivity (Wildman–Crippen MR) is 117 cm³/mol. The van der Waals surface area contributed by atoms with Gasteiger partial charge in [-0.25, -0.2) is 17.1 Å². The summed E-state index contributed by atoms with van der Waals surface area (Å²) in [6.07, 6.45) is 0. The number of amides is 2. The average Bonchev–Trinajstić information content (AvgIpc) is 3.22. The molecule has 3 rings (SSSR count). The van der Waals surface area contributed by atoms with Crippen LogP contribution in [0.5, 0.6) is 0 Å². The molecule has 2 amide bonds. The van der Waals surface area contributed by atoms with Crippen LogP contribution in [-0.4, -0.2) is 38.6 Å². The number of thiophene rings is 1. The number of carbonyl (C=O) groups excluding carboxylic acids is 2. The van der Waals surface area contributed by atoms with E-state index < -0.39 is 21.8 Å². The van der Waals surface area contributed by atoms with Crippen molar-refractivity contribution in [2.75, 3.05) is 14.1 Å². The summed E-state index contributed by atoms with van der Waals surface area (Å²) in [5.74, 6) is -1.70. The number of hydrogen-bond acceptors (Lipinski definition) is 5. The summed E-state index contributed by atoms with van der Waals surface area (Å²) in [5, 5.41) is 0.0270. The second-order valence-corrected chi connectivity index (χ2v) is 10.2. The Morgan fingerprint density at radius 1 is 0.968 bits per heavy atom. The summed E-state index contributed by atoms with van der Waals surface area (Å²) < 4.78 is 38.6. The third kappa shape index (κ3) is 5.10. The van der Waals surface area contributed by atoms with Crippen molar-refractivity contribution in [2.45, 2.75) is 4.90 Å². The zero-order valence-electron chi connectivity index (χ0n) is 16.3. The van der Waals surface area contributed by atoms with Gasteiger partial charge < -0.3 is 0 Å². The van der Waals surface area contributed by atoms with Crippen molar-refractivity contribution in [3.8, 4) is 10.4 Å². The smallest absolute Gasteiger partial charge is 0.267 e. The average molecular weight is 482 g/mol. The highest BCUT2D eigenvalue weighted by atomic mass is 35.5. The molecule has 0 aliphatic rings. The van der Waals surface area contributed by atoms with Gasteiger partial charge >= 0.3 is 0 Å². The number of benzene rings is 2. The second-order valence-electron chi connectivity index (χ2n) is 6.51. The first-order chi connectivity index (χ1) is 14.6. The molecule has 0 aliphatic heterocycles. The van der Waals surface area contributed by atoms with E-state index in [1.165, 1.54) is 38.4 Å². The van der Waals surface area contributed by atoms with Gasteiger partial charge in [0.15, 0.2) is 0 Å². The first-order valence-electron chi connectivity index (χ1n) is 8.78. The van der Waals surface area contributed by atoms with Crippen molar-refractivity contribution in [1.82, 2.24) is 15.2 Å². The molecule has 2 N–H and O–H groups in total. The molecule has 31 heavy (non-hydrogen) atoms. The third-order valence-electron chi connectivity index (χ3n) is 4.21. The molecular weight excluding hydrogens is 465 g/mol. The van der Waals surface area contributed by atoms with Gasteiger partial charge in [-0.05, 0) is 48.0 Å². The Hall–Kier alpha value is -2.79. The quantitative estimate of drug-likeness (QED) is 0.545. The predicted octanol–water partition coefficient (Wildman–Crippen LogP) is 3.53. The lowest BCUT2D eigenvalue weighted by Crippen LogP contribution is -2.41. The lowest BCUT2D eigenvalue weighted by Gasteiger charge is -2.13. The number of sulfonamides is 1. The maximum Gasteiger partial charge on any atom is 0.279 e. The Morgan fingerprint density at radius 3 is 2.26 bits per heavy atom. The Bertz CT molecular complexity index is 1240. The van der Waals surface area contributed by atoms with Crippen LogP contribution < -0.4 is 10.9 Å². The highest BCUT2D eigenvalue weighted by Crippen LogP contribution is 2.28. The molecule has 1 aromatic heterocycles. The van der Waals surface area contributed by atoms with Crippen LogP contribution in [0.4, 0.5) is 4.39 Å². The zero-order chi connectivity index (χ0) is 22.8. The fourth-order valence-electron chi connectivity index (χ4n) is 2.52. The van der Waals surface area contributed by atoms with Gasteiger partial charge in [-0.15, -0.1) is 11.3 Å². The summed E-state index contributed by atoms with van der Waals surface area (Å²) in [4.78, 5) is 25.8. The number of nitrogens with zero attached hydrogens (tertiary/aromatic N) is 1. The van der Waals surface area contributed by atoms with Crippen LogP contribution >= 0.6 is 22.9 Å². The highest BCUT2D eigenvalue weighted by Gasteiger charge is 2.21. The summed E-state index contributed by atoms with van der Waals surface area (Å²) in [5.41, 5.74) is 5.14. The van der Waals surface area contributed by atoms with Gasteiger partial charge in [0.1, 0.15) is 5.82 Å². The number of nitrogens with one attached hydrogen (secondary N) is 2. The standard InChI is InChI=1S/C20H17ClFN3O4S2/c1-25(2)31(28,29)14-7-8-16(21)15(11-14)19(26)23-24-20(27)18-10-9-17(30-18)12-3-5-13(22)6-4-12/h3-11H,1-2H3,(H,23,26)(H,24,27). The van der Waals surface area contributed by atoms with Crippen LogP contribution in [0.3, 0.4) is 0 Å². The molecule has 0 bridgehead atoms. The molecule has 0 saturated carbocycles. The van der Waals surface area contributed by atoms with Crippen molar-refractivity contribution in [2.24, 2.45) is 0 Å². The highest BCUT2D eigenvalue weighted by molar-refractivity contribution is 7.89. The number of rotatable bonds is 5. The minimum atomic E-state index is -3.76. The number of hydrazine groups is 1. The van der Waals surface area contributed by atoms with Crippen molar-refractivity contribution in [3.05, 3.63) is 75.9 Å². The zero-order valence-corrected chi connectivity index (χ0v) is 18.7.